The average Bonchev–Trinajstić information content (AvgIpc) is 3.32. The predicted octanol–water partition coefficient (Wildman–Crippen LogP) is 4.16. The monoisotopic (exact) mass is 435 g/mol. The summed E-state index contributed by atoms with van der Waals surface area (Å²) in [5, 5.41) is 2.53. The maximum Gasteiger partial charge on any atom is 0.419 e. The number of nitrogens with one attached hydrogen (secondary N) is 1. The second-order valence-electron chi connectivity index (χ2n) is 5.96. The Bertz CT molecular complexity index is 1120. The van der Waals surface area contributed by atoms with Crippen LogP contribution in [0.1, 0.15) is 5.56 Å². The van der Waals surface area contributed by atoms with E-state index in [9.17, 15) is 13.2 Å². The van der Waals surface area contributed by atoms with Crippen LogP contribution in [0.15, 0.2) is 58.9 Å². The van der Waals surface area contributed by atoms with Crippen LogP contribution in [0.25, 0.3) is 0 Å². The molecule has 1 aliphatic heterocycles. The fraction of sp³-hybridized carbons (Fsp3) is 0.111. The van der Waals surface area contributed by atoms with Crippen LogP contribution in [0.4, 0.5) is 15.6 Å². The van der Waals surface area contributed by atoms with Crippen molar-refractivity contribution in [3.63, 3.8) is 0 Å². The number of halogens is 1. The average molecular weight is 436 g/mol. The molecule has 0 saturated carbocycles. The number of ether oxygens (including phenoxy) is 1. The van der Waals surface area contributed by atoms with Crippen molar-refractivity contribution in [2.45, 2.75) is 11.3 Å². The molecule has 0 bridgehead atoms. The van der Waals surface area contributed by atoms with Gasteiger partial charge < -0.3 is 4.74 Å². The number of fused-ring (bicyclic) bond motifs is 1. The molecule has 1 aromatic heterocycles. The van der Waals surface area contributed by atoms with Gasteiger partial charge in [-0.2, -0.15) is 0 Å². The second kappa shape index (κ2) is 7.42. The number of amides is 1. The zero-order chi connectivity index (χ0) is 19.7. The summed E-state index contributed by atoms with van der Waals surface area (Å²) >= 11 is 7.03. The van der Waals surface area contributed by atoms with Crippen molar-refractivity contribution in [2.24, 2.45) is 0 Å². The smallest absolute Gasteiger partial charge is 0.410 e. The highest BCUT2D eigenvalue weighted by Crippen LogP contribution is 2.31. The van der Waals surface area contributed by atoms with E-state index in [4.69, 9.17) is 16.3 Å². The molecule has 7 nitrogen and oxygen atoms in total. The summed E-state index contributed by atoms with van der Waals surface area (Å²) in [5.41, 5.74) is 1.39. The molecule has 144 valence electrons. The van der Waals surface area contributed by atoms with Crippen molar-refractivity contribution >= 4 is 49.9 Å². The standard InChI is InChI=1S/C18H14ClN3O4S2/c19-13-1-3-14(4-2-13)26-18(23)22-9-7-12-11-15(5-6-16(12)22)28(24,25)21-17-20-8-10-27-17/h1-6,8,10-11H,7,9H2,(H,20,21). The van der Waals surface area contributed by atoms with E-state index < -0.39 is 16.1 Å². The minimum Gasteiger partial charge on any atom is -0.410 e. The van der Waals surface area contributed by atoms with Crippen LogP contribution in [0.2, 0.25) is 5.02 Å². The number of hydrogen-bond donors (Lipinski definition) is 1. The molecular weight excluding hydrogens is 422 g/mol. The molecule has 2 heterocycles. The lowest BCUT2D eigenvalue weighted by atomic mass is 10.2. The molecule has 28 heavy (non-hydrogen) atoms. The van der Waals surface area contributed by atoms with Crippen molar-refractivity contribution in [3.8, 4) is 5.75 Å². The van der Waals surface area contributed by atoms with E-state index >= 15 is 0 Å². The lowest BCUT2D eigenvalue weighted by Crippen LogP contribution is -2.31. The molecule has 10 heteroatoms. The van der Waals surface area contributed by atoms with E-state index in [1.807, 2.05) is 0 Å². The lowest BCUT2D eigenvalue weighted by Gasteiger charge is -2.17. The van der Waals surface area contributed by atoms with Gasteiger partial charge in [0.05, 0.1) is 10.6 Å². The van der Waals surface area contributed by atoms with E-state index in [2.05, 4.69) is 9.71 Å². The van der Waals surface area contributed by atoms with Gasteiger partial charge in [-0.05, 0) is 54.4 Å². The number of anilines is 2. The molecule has 0 saturated heterocycles. The van der Waals surface area contributed by atoms with Crippen molar-refractivity contribution < 1.29 is 17.9 Å². The highest BCUT2D eigenvalue weighted by atomic mass is 35.5. The Labute approximate surface area is 170 Å². The maximum atomic E-state index is 12.5. The first-order chi connectivity index (χ1) is 13.4. The quantitative estimate of drug-likeness (QED) is 0.664. The zero-order valence-corrected chi connectivity index (χ0v) is 16.7. The summed E-state index contributed by atoms with van der Waals surface area (Å²) in [6.45, 7) is 0.408. The number of sulfonamides is 1. The van der Waals surface area contributed by atoms with Crippen LogP contribution in [-0.4, -0.2) is 26.0 Å². The first-order valence-electron chi connectivity index (χ1n) is 8.22. The summed E-state index contributed by atoms with van der Waals surface area (Å²) in [5.74, 6) is 0.384. The molecular formula is C18H14ClN3O4S2. The lowest BCUT2D eigenvalue weighted by molar-refractivity contribution is 0.208. The van der Waals surface area contributed by atoms with Crippen molar-refractivity contribution in [1.29, 1.82) is 0 Å². The van der Waals surface area contributed by atoms with Gasteiger partial charge in [-0.3, -0.25) is 9.62 Å². The van der Waals surface area contributed by atoms with Crippen LogP contribution in [0, 0.1) is 0 Å². The Morgan fingerprint density at radius 3 is 2.71 bits per heavy atom. The summed E-state index contributed by atoms with van der Waals surface area (Å²) in [4.78, 5) is 18.0. The third kappa shape index (κ3) is 3.82. The molecule has 2 aromatic carbocycles. The van der Waals surface area contributed by atoms with Gasteiger partial charge in [0, 0.05) is 23.1 Å². The number of aromatic nitrogens is 1. The van der Waals surface area contributed by atoms with Gasteiger partial charge in [0.25, 0.3) is 10.0 Å². The minimum absolute atomic E-state index is 0.120. The number of thiazole rings is 1. The fourth-order valence-corrected chi connectivity index (χ4v) is 4.81. The van der Waals surface area contributed by atoms with Crippen LogP contribution in [-0.2, 0) is 16.4 Å². The first-order valence-corrected chi connectivity index (χ1v) is 11.0. The van der Waals surface area contributed by atoms with Crippen molar-refractivity contribution in [3.05, 3.63) is 64.6 Å². The van der Waals surface area contributed by atoms with Gasteiger partial charge >= 0.3 is 6.09 Å². The molecule has 0 atom stereocenters. The normalized spacial score (nSPS) is 13.2. The topological polar surface area (TPSA) is 88.6 Å². The van der Waals surface area contributed by atoms with Crippen LogP contribution < -0.4 is 14.4 Å². The number of hydrogen-bond acceptors (Lipinski definition) is 6. The third-order valence-electron chi connectivity index (χ3n) is 4.15. The molecule has 1 aliphatic rings. The van der Waals surface area contributed by atoms with Gasteiger partial charge in [-0.25, -0.2) is 18.2 Å². The first kappa shape index (κ1) is 18.7. The number of carbonyl (C=O) groups is 1. The molecule has 0 fully saturated rings. The Balaban J connectivity index is 1.53. The summed E-state index contributed by atoms with van der Waals surface area (Å²) in [6, 6.07) is 11.1. The SMILES string of the molecule is O=C(Oc1ccc(Cl)cc1)N1CCc2cc(S(=O)(=O)Nc3nccs3)ccc21. The van der Waals surface area contributed by atoms with E-state index in [0.717, 1.165) is 5.56 Å². The Morgan fingerprint density at radius 2 is 2.00 bits per heavy atom. The largest absolute Gasteiger partial charge is 0.419 e. The molecule has 1 N–H and O–H groups in total. The van der Waals surface area contributed by atoms with Crippen LogP contribution in [0.5, 0.6) is 5.75 Å². The Morgan fingerprint density at radius 1 is 1.21 bits per heavy atom. The number of benzene rings is 2. The van der Waals surface area contributed by atoms with Crippen molar-refractivity contribution in [1.82, 2.24) is 4.98 Å². The van der Waals surface area contributed by atoms with E-state index in [0.29, 0.717) is 34.6 Å². The molecule has 1 amide bonds. The Hall–Kier alpha value is -2.62. The number of rotatable bonds is 4. The van der Waals surface area contributed by atoms with E-state index in [-0.39, 0.29) is 4.90 Å². The maximum absolute atomic E-state index is 12.5. The second-order valence-corrected chi connectivity index (χ2v) is 8.97. The number of nitrogens with zero attached hydrogens (tertiary/aromatic N) is 2. The van der Waals surface area contributed by atoms with Gasteiger partial charge in [0.1, 0.15) is 5.75 Å². The van der Waals surface area contributed by atoms with E-state index in [1.165, 1.54) is 28.5 Å². The number of carbonyl (C=O) groups excluding carboxylic acids is 1. The molecule has 0 spiro atoms. The highest BCUT2D eigenvalue weighted by molar-refractivity contribution is 7.93. The molecule has 3 aromatic rings. The summed E-state index contributed by atoms with van der Waals surface area (Å²) in [6.07, 6.45) is 1.53. The molecule has 0 aliphatic carbocycles. The molecule has 0 unspecified atom stereocenters. The fourth-order valence-electron chi connectivity index (χ4n) is 2.84. The minimum atomic E-state index is -3.74. The van der Waals surface area contributed by atoms with Crippen LogP contribution >= 0.6 is 22.9 Å². The van der Waals surface area contributed by atoms with Gasteiger partial charge in [0.2, 0.25) is 0 Å². The summed E-state index contributed by atoms with van der Waals surface area (Å²) < 4.78 is 32.9. The molecule has 0 radical (unpaired) electrons. The molecule has 4 rings (SSSR count). The van der Waals surface area contributed by atoms with Gasteiger partial charge in [-0.15, -0.1) is 11.3 Å². The third-order valence-corrected chi connectivity index (χ3v) is 6.56. The van der Waals surface area contributed by atoms with Gasteiger partial charge in [-0.1, -0.05) is 11.6 Å². The van der Waals surface area contributed by atoms with Crippen molar-refractivity contribution in [2.75, 3.05) is 16.2 Å². The zero-order valence-electron chi connectivity index (χ0n) is 14.3. The summed E-state index contributed by atoms with van der Waals surface area (Å²) in [7, 11) is -3.74. The predicted molar refractivity (Wildman–Crippen MR) is 108 cm³/mol. The Kier molecular flexibility index (Phi) is 4.96. The van der Waals surface area contributed by atoms with Gasteiger partial charge in [0.15, 0.2) is 5.13 Å². The van der Waals surface area contributed by atoms with Crippen LogP contribution in [0.3, 0.4) is 0 Å². The van der Waals surface area contributed by atoms with E-state index in [1.54, 1.807) is 41.8 Å². The highest BCUT2D eigenvalue weighted by Gasteiger charge is 2.28.